The first-order chi connectivity index (χ1) is 9.16. The molecule has 1 unspecified atom stereocenters. The number of nitrogens with one attached hydrogen (secondary N) is 2. The van der Waals surface area contributed by atoms with Crippen LogP contribution in [0.5, 0.6) is 0 Å². The first-order valence-corrected chi connectivity index (χ1v) is 6.66. The van der Waals surface area contributed by atoms with Gasteiger partial charge in [-0.2, -0.15) is 0 Å². The van der Waals surface area contributed by atoms with E-state index in [2.05, 4.69) is 36.3 Å². The number of carbonyl (C=O) groups excluding carboxylic acids is 1. The Morgan fingerprint density at radius 1 is 1.16 bits per heavy atom. The van der Waals surface area contributed by atoms with Gasteiger partial charge in [-0.25, -0.2) is 0 Å². The van der Waals surface area contributed by atoms with Gasteiger partial charge >= 0.3 is 0 Å². The number of benzene rings is 1. The van der Waals surface area contributed by atoms with Gasteiger partial charge in [0.05, 0.1) is 6.04 Å². The molecule has 1 amide bonds. The fourth-order valence-corrected chi connectivity index (χ4v) is 2.14. The molecule has 0 bridgehead atoms. The summed E-state index contributed by atoms with van der Waals surface area (Å²) < 4.78 is 0. The quantitative estimate of drug-likeness (QED) is 0.844. The third-order valence-electron chi connectivity index (χ3n) is 3.06. The van der Waals surface area contributed by atoms with Crippen molar-refractivity contribution in [3.05, 3.63) is 59.9 Å². The normalized spacial score (nSPS) is 12.4. The molecule has 1 heterocycles. The van der Waals surface area contributed by atoms with E-state index < -0.39 is 0 Å². The van der Waals surface area contributed by atoms with E-state index in [4.69, 9.17) is 0 Å². The number of hydrogen-bond acceptors (Lipinski definition) is 1. The van der Waals surface area contributed by atoms with Crippen LogP contribution in [0, 0.1) is 5.92 Å². The smallest absolute Gasteiger partial charge is 0.268 e. The zero-order valence-electron chi connectivity index (χ0n) is 11.4. The van der Waals surface area contributed by atoms with Gasteiger partial charge in [-0.1, -0.05) is 44.2 Å². The predicted octanol–water partition coefficient (Wildman–Crippen LogP) is 3.53. The number of amides is 1. The maximum absolute atomic E-state index is 12.1. The van der Waals surface area contributed by atoms with E-state index in [1.165, 1.54) is 0 Å². The fourth-order valence-electron chi connectivity index (χ4n) is 2.14. The molecule has 0 aliphatic carbocycles. The third-order valence-corrected chi connectivity index (χ3v) is 3.06. The van der Waals surface area contributed by atoms with Crippen molar-refractivity contribution < 1.29 is 4.79 Å². The second-order valence-corrected chi connectivity index (χ2v) is 5.15. The lowest BCUT2D eigenvalue weighted by Crippen LogP contribution is -2.29. The summed E-state index contributed by atoms with van der Waals surface area (Å²) in [4.78, 5) is 15.1. The van der Waals surface area contributed by atoms with Crippen LogP contribution >= 0.6 is 0 Å². The molecule has 0 saturated heterocycles. The van der Waals surface area contributed by atoms with Gasteiger partial charge in [0.25, 0.3) is 5.91 Å². The van der Waals surface area contributed by atoms with Gasteiger partial charge in [0, 0.05) is 6.20 Å². The minimum atomic E-state index is -0.0560. The van der Waals surface area contributed by atoms with Gasteiger partial charge in [-0.05, 0) is 30.0 Å². The Bertz CT molecular complexity index is 503. The van der Waals surface area contributed by atoms with Crippen molar-refractivity contribution in [2.45, 2.75) is 26.3 Å². The minimum absolute atomic E-state index is 0.0528. The number of aromatic nitrogens is 1. The van der Waals surface area contributed by atoms with Crippen LogP contribution in [-0.2, 0) is 0 Å². The third kappa shape index (κ3) is 3.71. The highest BCUT2D eigenvalue weighted by Gasteiger charge is 2.17. The van der Waals surface area contributed by atoms with E-state index in [1.54, 1.807) is 12.3 Å². The molecule has 0 radical (unpaired) electrons. The van der Waals surface area contributed by atoms with Gasteiger partial charge in [-0.3, -0.25) is 4.79 Å². The van der Waals surface area contributed by atoms with Crippen LogP contribution in [-0.4, -0.2) is 10.9 Å². The maximum Gasteiger partial charge on any atom is 0.268 e. The molecule has 1 aromatic carbocycles. The number of H-pyrrole nitrogens is 1. The van der Waals surface area contributed by atoms with E-state index >= 15 is 0 Å². The lowest BCUT2D eigenvalue weighted by molar-refractivity contribution is 0.0927. The zero-order chi connectivity index (χ0) is 13.7. The number of rotatable bonds is 5. The molecule has 1 atom stereocenters. The largest absolute Gasteiger partial charge is 0.357 e. The number of hydrogen-bond donors (Lipinski definition) is 2. The van der Waals surface area contributed by atoms with Gasteiger partial charge in [0.2, 0.25) is 0 Å². The summed E-state index contributed by atoms with van der Waals surface area (Å²) in [6.45, 7) is 4.33. The molecule has 3 heteroatoms. The standard InChI is InChI=1S/C16H20N2O/c1-12(2)11-15(13-7-4-3-5-8-13)18-16(19)14-9-6-10-17-14/h3-10,12,15,17H,11H2,1-2H3,(H,18,19). The van der Waals surface area contributed by atoms with Crippen molar-refractivity contribution in [2.75, 3.05) is 0 Å². The summed E-state index contributed by atoms with van der Waals surface area (Å²) in [5.41, 5.74) is 1.75. The molecule has 0 aliphatic heterocycles. The summed E-state index contributed by atoms with van der Waals surface area (Å²) in [5, 5.41) is 3.10. The topological polar surface area (TPSA) is 44.9 Å². The molecule has 0 aliphatic rings. The molecular formula is C16H20N2O. The molecule has 2 rings (SSSR count). The zero-order valence-corrected chi connectivity index (χ0v) is 11.4. The number of aromatic amines is 1. The monoisotopic (exact) mass is 256 g/mol. The van der Waals surface area contributed by atoms with Gasteiger partial charge < -0.3 is 10.3 Å². The van der Waals surface area contributed by atoms with Crippen molar-refractivity contribution in [3.8, 4) is 0 Å². The summed E-state index contributed by atoms with van der Waals surface area (Å²) in [6.07, 6.45) is 2.69. The summed E-state index contributed by atoms with van der Waals surface area (Å²) in [6, 6.07) is 13.8. The van der Waals surface area contributed by atoms with Crippen LogP contribution in [0.2, 0.25) is 0 Å². The van der Waals surface area contributed by atoms with Gasteiger partial charge in [0.1, 0.15) is 5.69 Å². The first-order valence-electron chi connectivity index (χ1n) is 6.66. The molecule has 0 saturated carbocycles. The highest BCUT2D eigenvalue weighted by atomic mass is 16.1. The maximum atomic E-state index is 12.1. The second-order valence-electron chi connectivity index (χ2n) is 5.15. The van der Waals surface area contributed by atoms with Crippen LogP contribution < -0.4 is 5.32 Å². The highest BCUT2D eigenvalue weighted by molar-refractivity contribution is 5.92. The Hall–Kier alpha value is -2.03. The first kappa shape index (κ1) is 13.4. The summed E-state index contributed by atoms with van der Waals surface area (Å²) >= 11 is 0. The predicted molar refractivity (Wildman–Crippen MR) is 76.9 cm³/mol. The Morgan fingerprint density at radius 3 is 2.47 bits per heavy atom. The number of carbonyl (C=O) groups is 1. The summed E-state index contributed by atoms with van der Waals surface area (Å²) in [7, 11) is 0. The molecule has 0 spiro atoms. The molecule has 100 valence electrons. The molecule has 19 heavy (non-hydrogen) atoms. The fraction of sp³-hybridized carbons (Fsp3) is 0.312. The van der Waals surface area contributed by atoms with Gasteiger partial charge in [-0.15, -0.1) is 0 Å². The average molecular weight is 256 g/mol. The van der Waals surface area contributed by atoms with Crippen LogP contribution in [0.4, 0.5) is 0 Å². The van der Waals surface area contributed by atoms with Crippen molar-refractivity contribution in [1.29, 1.82) is 0 Å². The lowest BCUT2D eigenvalue weighted by Gasteiger charge is -2.20. The molecular weight excluding hydrogens is 236 g/mol. The molecule has 1 aromatic heterocycles. The van der Waals surface area contributed by atoms with E-state index in [-0.39, 0.29) is 11.9 Å². The molecule has 3 nitrogen and oxygen atoms in total. The minimum Gasteiger partial charge on any atom is -0.357 e. The Balaban J connectivity index is 2.13. The highest BCUT2D eigenvalue weighted by Crippen LogP contribution is 2.21. The Labute approximate surface area is 114 Å². The van der Waals surface area contributed by atoms with E-state index in [0.717, 1.165) is 12.0 Å². The SMILES string of the molecule is CC(C)CC(NC(=O)c1ccc[nH]1)c1ccccc1. The molecule has 2 N–H and O–H groups in total. The van der Waals surface area contributed by atoms with E-state index in [1.807, 2.05) is 24.3 Å². The lowest BCUT2D eigenvalue weighted by atomic mass is 9.97. The van der Waals surface area contributed by atoms with Crippen molar-refractivity contribution in [3.63, 3.8) is 0 Å². The van der Waals surface area contributed by atoms with Crippen LogP contribution in [0.15, 0.2) is 48.7 Å². The van der Waals surface area contributed by atoms with E-state index in [0.29, 0.717) is 11.6 Å². The van der Waals surface area contributed by atoms with E-state index in [9.17, 15) is 4.79 Å². The summed E-state index contributed by atoms with van der Waals surface area (Å²) in [5.74, 6) is 0.466. The van der Waals surface area contributed by atoms with Crippen molar-refractivity contribution in [2.24, 2.45) is 5.92 Å². The van der Waals surface area contributed by atoms with Gasteiger partial charge in [0.15, 0.2) is 0 Å². The Morgan fingerprint density at radius 2 is 1.89 bits per heavy atom. The average Bonchev–Trinajstić information content (AvgIpc) is 2.92. The van der Waals surface area contributed by atoms with Crippen LogP contribution in [0.3, 0.4) is 0 Å². The Kier molecular flexibility index (Phi) is 4.39. The molecule has 0 fully saturated rings. The van der Waals surface area contributed by atoms with Crippen LogP contribution in [0.1, 0.15) is 42.4 Å². The van der Waals surface area contributed by atoms with Crippen LogP contribution in [0.25, 0.3) is 0 Å². The van der Waals surface area contributed by atoms with Crippen molar-refractivity contribution >= 4 is 5.91 Å². The second kappa shape index (κ2) is 6.23. The van der Waals surface area contributed by atoms with Crippen molar-refractivity contribution in [1.82, 2.24) is 10.3 Å². The molecule has 2 aromatic rings.